The number of aromatic nitrogens is 1. The van der Waals surface area contributed by atoms with Gasteiger partial charge in [0.2, 0.25) is 5.88 Å². The Morgan fingerprint density at radius 2 is 1.69 bits per heavy atom. The Bertz CT molecular complexity index is 499. The molecule has 1 aromatic heterocycles. The Morgan fingerprint density at radius 3 is 2.31 bits per heavy atom. The summed E-state index contributed by atoms with van der Waals surface area (Å²) in [4.78, 5) is 4.14. The Labute approximate surface area is 118 Å². The molecule has 0 amide bonds. The molecule has 0 atom stereocenters. The number of ether oxygens (including phenoxy) is 1. The van der Waals surface area contributed by atoms with Crippen molar-refractivity contribution < 1.29 is 4.74 Å². The summed E-state index contributed by atoms with van der Waals surface area (Å²) in [5.74, 6) is 1.30. The van der Waals surface area contributed by atoms with Crippen LogP contribution in [0.5, 0.6) is 11.6 Å². The van der Waals surface area contributed by atoms with Crippen LogP contribution in [0.3, 0.4) is 0 Å². The average Bonchev–Trinajstić information content (AvgIpc) is 2.25. The second kappa shape index (κ2) is 5.29. The van der Waals surface area contributed by atoms with Gasteiger partial charge in [0.25, 0.3) is 0 Å². The molecule has 82 valence electrons. The van der Waals surface area contributed by atoms with Crippen LogP contribution in [0, 0.1) is 0 Å². The zero-order chi connectivity index (χ0) is 11.5. The first kappa shape index (κ1) is 12.1. The number of pyridine rings is 1. The monoisotopic (exact) mass is 405 g/mol. The van der Waals surface area contributed by atoms with Gasteiger partial charge in [-0.2, -0.15) is 0 Å². The fourth-order valence-electron chi connectivity index (χ4n) is 1.09. The number of rotatable bonds is 2. The van der Waals surface area contributed by atoms with E-state index in [9.17, 15) is 0 Å². The van der Waals surface area contributed by atoms with E-state index in [1.807, 2.05) is 24.3 Å². The minimum absolute atomic E-state index is 0.561. The van der Waals surface area contributed by atoms with Crippen molar-refractivity contribution in [1.82, 2.24) is 4.98 Å². The molecule has 0 aliphatic carbocycles. The molecule has 0 N–H and O–H groups in total. The number of halogens is 3. The van der Waals surface area contributed by atoms with Crippen LogP contribution in [0.2, 0.25) is 0 Å². The summed E-state index contributed by atoms with van der Waals surface area (Å²) in [7, 11) is 0. The van der Waals surface area contributed by atoms with E-state index in [4.69, 9.17) is 4.74 Å². The molecule has 2 nitrogen and oxygen atoms in total. The molecular weight excluding hydrogens is 402 g/mol. The van der Waals surface area contributed by atoms with Crippen molar-refractivity contribution in [3.05, 3.63) is 49.9 Å². The van der Waals surface area contributed by atoms with Crippen LogP contribution >= 0.6 is 47.8 Å². The topological polar surface area (TPSA) is 22.1 Å². The van der Waals surface area contributed by atoms with Crippen LogP contribution in [-0.2, 0) is 0 Å². The maximum Gasteiger partial charge on any atom is 0.219 e. The van der Waals surface area contributed by atoms with Crippen LogP contribution in [-0.4, -0.2) is 4.98 Å². The van der Waals surface area contributed by atoms with E-state index in [1.54, 1.807) is 12.3 Å². The van der Waals surface area contributed by atoms with E-state index in [0.717, 1.165) is 19.2 Å². The van der Waals surface area contributed by atoms with Crippen molar-refractivity contribution in [3.8, 4) is 11.6 Å². The van der Waals surface area contributed by atoms with Gasteiger partial charge in [0, 0.05) is 21.2 Å². The molecule has 0 saturated heterocycles. The highest BCUT2D eigenvalue weighted by molar-refractivity contribution is 9.11. The first-order valence-electron chi connectivity index (χ1n) is 4.39. The van der Waals surface area contributed by atoms with Gasteiger partial charge in [0.05, 0.1) is 4.47 Å². The molecule has 1 heterocycles. The molecule has 0 spiro atoms. The third kappa shape index (κ3) is 3.06. The Morgan fingerprint density at radius 1 is 0.938 bits per heavy atom. The first-order chi connectivity index (χ1) is 7.65. The third-order valence-electron chi connectivity index (χ3n) is 1.81. The molecule has 0 fully saturated rings. The largest absolute Gasteiger partial charge is 0.438 e. The van der Waals surface area contributed by atoms with Gasteiger partial charge in [-0.1, -0.05) is 15.9 Å². The Kier molecular flexibility index (Phi) is 4.00. The van der Waals surface area contributed by atoms with Gasteiger partial charge >= 0.3 is 0 Å². The van der Waals surface area contributed by atoms with Crippen LogP contribution in [0.1, 0.15) is 0 Å². The fraction of sp³-hybridized carbons (Fsp3) is 0. The molecule has 5 heteroatoms. The van der Waals surface area contributed by atoms with Gasteiger partial charge in [-0.3, -0.25) is 0 Å². The Hall–Kier alpha value is -0.390. The molecule has 2 aromatic rings. The van der Waals surface area contributed by atoms with E-state index in [-0.39, 0.29) is 0 Å². The molecule has 0 unspecified atom stereocenters. The van der Waals surface area contributed by atoms with E-state index >= 15 is 0 Å². The highest BCUT2D eigenvalue weighted by Crippen LogP contribution is 2.31. The Balaban J connectivity index is 2.23. The molecule has 0 saturated carbocycles. The third-order valence-corrected chi connectivity index (χ3v) is 3.39. The van der Waals surface area contributed by atoms with Gasteiger partial charge in [0.15, 0.2) is 0 Å². The summed E-state index contributed by atoms with van der Waals surface area (Å²) >= 11 is 10.1. The quantitative estimate of drug-likeness (QED) is 0.685. The lowest BCUT2D eigenvalue weighted by Crippen LogP contribution is -1.88. The first-order valence-corrected chi connectivity index (χ1v) is 6.77. The summed E-state index contributed by atoms with van der Waals surface area (Å²) in [6.07, 6.45) is 1.70. The second-order valence-electron chi connectivity index (χ2n) is 2.99. The average molecular weight is 408 g/mol. The summed E-state index contributed by atoms with van der Waals surface area (Å²) < 4.78 is 8.42. The summed E-state index contributed by atoms with van der Waals surface area (Å²) in [5.41, 5.74) is 0. The molecule has 0 aliphatic heterocycles. The molecule has 0 radical (unpaired) electrons. The lowest BCUT2D eigenvalue weighted by Gasteiger charge is -2.06. The van der Waals surface area contributed by atoms with Gasteiger partial charge < -0.3 is 4.74 Å². The highest BCUT2D eigenvalue weighted by Gasteiger charge is 2.03. The van der Waals surface area contributed by atoms with Crippen molar-refractivity contribution in [2.24, 2.45) is 0 Å². The van der Waals surface area contributed by atoms with Crippen LogP contribution in [0.15, 0.2) is 49.9 Å². The second-order valence-corrected chi connectivity index (χ2v) is 5.68. The predicted molar refractivity (Wildman–Crippen MR) is 73.9 cm³/mol. The normalized spacial score (nSPS) is 10.2. The predicted octanol–water partition coefficient (Wildman–Crippen LogP) is 5.16. The molecule has 16 heavy (non-hydrogen) atoms. The van der Waals surface area contributed by atoms with Gasteiger partial charge in [-0.05, 0) is 56.1 Å². The molecule has 2 rings (SSSR count). The van der Waals surface area contributed by atoms with Crippen molar-refractivity contribution >= 4 is 47.8 Å². The summed E-state index contributed by atoms with van der Waals surface area (Å²) in [5, 5.41) is 0. The number of nitrogens with zero attached hydrogens (tertiary/aromatic N) is 1. The van der Waals surface area contributed by atoms with E-state index in [2.05, 4.69) is 52.8 Å². The number of hydrogen-bond donors (Lipinski definition) is 0. The zero-order valence-corrected chi connectivity index (χ0v) is 12.7. The molecular formula is C11H6Br3NO. The van der Waals surface area contributed by atoms with Gasteiger partial charge in [0.1, 0.15) is 5.75 Å². The van der Waals surface area contributed by atoms with E-state index < -0.39 is 0 Å². The fourth-order valence-corrected chi connectivity index (χ4v) is 2.46. The van der Waals surface area contributed by atoms with E-state index in [0.29, 0.717) is 5.88 Å². The minimum atomic E-state index is 0.561. The van der Waals surface area contributed by atoms with Crippen molar-refractivity contribution in [2.45, 2.75) is 0 Å². The summed E-state index contributed by atoms with van der Waals surface area (Å²) in [6.45, 7) is 0. The van der Waals surface area contributed by atoms with Crippen molar-refractivity contribution in [1.29, 1.82) is 0 Å². The lowest BCUT2D eigenvalue weighted by atomic mass is 10.3. The smallest absolute Gasteiger partial charge is 0.219 e. The maximum absolute atomic E-state index is 5.62. The summed E-state index contributed by atoms with van der Waals surface area (Å²) in [6, 6.07) is 9.40. The van der Waals surface area contributed by atoms with Gasteiger partial charge in [-0.25, -0.2) is 4.98 Å². The van der Waals surface area contributed by atoms with Crippen LogP contribution < -0.4 is 4.74 Å². The minimum Gasteiger partial charge on any atom is -0.438 e. The lowest BCUT2D eigenvalue weighted by molar-refractivity contribution is 0.460. The molecule has 0 bridgehead atoms. The van der Waals surface area contributed by atoms with Gasteiger partial charge in [-0.15, -0.1) is 0 Å². The van der Waals surface area contributed by atoms with E-state index in [1.165, 1.54) is 0 Å². The molecule has 0 aliphatic rings. The highest BCUT2D eigenvalue weighted by atomic mass is 79.9. The zero-order valence-electron chi connectivity index (χ0n) is 7.95. The standard InChI is InChI=1S/C11H6Br3NO/c12-7-1-3-10(9(14)5-7)16-11-4-2-8(13)6-15-11/h1-6H. The van der Waals surface area contributed by atoms with Crippen LogP contribution in [0.4, 0.5) is 0 Å². The maximum atomic E-state index is 5.62. The SMILES string of the molecule is Brc1ccc(Oc2ccc(Br)cc2Br)nc1. The number of benzene rings is 1. The van der Waals surface area contributed by atoms with Crippen molar-refractivity contribution in [3.63, 3.8) is 0 Å². The van der Waals surface area contributed by atoms with Crippen molar-refractivity contribution in [2.75, 3.05) is 0 Å². The molecule has 1 aromatic carbocycles. The van der Waals surface area contributed by atoms with Crippen LogP contribution in [0.25, 0.3) is 0 Å². The number of hydrogen-bond acceptors (Lipinski definition) is 2.